The summed E-state index contributed by atoms with van der Waals surface area (Å²) in [5, 5.41) is 7.54. The predicted molar refractivity (Wildman–Crippen MR) is 99.4 cm³/mol. The fourth-order valence-electron chi connectivity index (χ4n) is 2.92. The van der Waals surface area contributed by atoms with Crippen LogP contribution in [0.5, 0.6) is 0 Å². The molecule has 134 valence electrons. The number of benzene rings is 1. The molecule has 1 atom stereocenters. The lowest BCUT2D eigenvalue weighted by Gasteiger charge is -2.35. The molecule has 1 fully saturated rings. The largest absolute Gasteiger partial charge is 0.339 e. The van der Waals surface area contributed by atoms with Gasteiger partial charge in [-0.1, -0.05) is 49.0 Å². The number of piperazine rings is 1. The van der Waals surface area contributed by atoms with E-state index < -0.39 is 0 Å². The normalized spacial score (nSPS) is 16.8. The third-order valence-corrected chi connectivity index (χ3v) is 5.36. The van der Waals surface area contributed by atoms with Crippen molar-refractivity contribution in [3.63, 3.8) is 0 Å². The van der Waals surface area contributed by atoms with Gasteiger partial charge in [0, 0.05) is 39.1 Å². The van der Waals surface area contributed by atoms with Crippen molar-refractivity contribution in [2.75, 3.05) is 26.2 Å². The number of thioether (sulfide) groups is 1. The first-order chi connectivity index (χ1) is 12.2. The quantitative estimate of drug-likeness (QED) is 0.801. The van der Waals surface area contributed by atoms with Crippen LogP contribution >= 0.6 is 11.8 Å². The number of aromatic nitrogens is 3. The van der Waals surface area contributed by atoms with E-state index in [4.69, 9.17) is 0 Å². The lowest BCUT2D eigenvalue weighted by Crippen LogP contribution is -2.50. The van der Waals surface area contributed by atoms with Crippen LogP contribution in [0, 0.1) is 0 Å². The van der Waals surface area contributed by atoms with E-state index in [1.54, 1.807) is 0 Å². The number of carbonyl (C=O) groups excluding carboxylic acids is 1. The second kappa shape index (κ2) is 8.49. The maximum atomic E-state index is 12.7. The lowest BCUT2D eigenvalue weighted by atomic mass is 10.2. The molecule has 25 heavy (non-hydrogen) atoms. The van der Waals surface area contributed by atoms with E-state index >= 15 is 0 Å². The Balaban J connectivity index is 1.47. The van der Waals surface area contributed by atoms with Gasteiger partial charge in [0.2, 0.25) is 11.1 Å². The molecule has 0 spiro atoms. The van der Waals surface area contributed by atoms with Crippen molar-refractivity contribution in [2.45, 2.75) is 37.2 Å². The molecule has 0 saturated carbocycles. The fourth-order valence-corrected chi connectivity index (χ4v) is 3.75. The first-order valence-corrected chi connectivity index (χ1v) is 9.66. The Labute approximate surface area is 153 Å². The highest BCUT2D eigenvalue weighted by Gasteiger charge is 2.26. The maximum absolute atomic E-state index is 12.7. The molecule has 7 heteroatoms. The standard InChI is InChI=1S/C18H25N5OS/c1-3-16-19-18(21-20-16)25-14(2)17(24)23-11-9-22(10-12-23)13-15-7-5-4-6-8-15/h4-8,14H,3,9-13H2,1-2H3,(H,19,20,21). The zero-order valence-corrected chi connectivity index (χ0v) is 15.6. The van der Waals surface area contributed by atoms with Crippen molar-refractivity contribution in [3.8, 4) is 0 Å². The fraction of sp³-hybridized carbons (Fsp3) is 0.500. The Bertz CT molecular complexity index is 682. The molecule has 1 aromatic heterocycles. The van der Waals surface area contributed by atoms with Crippen LogP contribution in [-0.4, -0.2) is 62.3 Å². The Hall–Kier alpha value is -1.86. The van der Waals surface area contributed by atoms with Gasteiger partial charge in [0.05, 0.1) is 5.25 Å². The van der Waals surface area contributed by atoms with Gasteiger partial charge < -0.3 is 4.90 Å². The Morgan fingerprint density at radius 2 is 1.96 bits per heavy atom. The van der Waals surface area contributed by atoms with Gasteiger partial charge in [0.1, 0.15) is 5.82 Å². The molecule has 2 heterocycles. The number of nitrogens with zero attached hydrogens (tertiary/aromatic N) is 4. The van der Waals surface area contributed by atoms with Crippen molar-refractivity contribution in [1.29, 1.82) is 0 Å². The number of hydrogen-bond donors (Lipinski definition) is 1. The minimum absolute atomic E-state index is 0.166. The van der Waals surface area contributed by atoms with Crippen LogP contribution in [0.15, 0.2) is 35.5 Å². The molecule has 1 aliphatic heterocycles. The van der Waals surface area contributed by atoms with E-state index in [1.165, 1.54) is 17.3 Å². The summed E-state index contributed by atoms with van der Waals surface area (Å²) in [7, 11) is 0. The van der Waals surface area contributed by atoms with Crippen LogP contribution in [0.4, 0.5) is 0 Å². The van der Waals surface area contributed by atoms with E-state index in [0.717, 1.165) is 45.0 Å². The summed E-state index contributed by atoms with van der Waals surface area (Å²) in [6.07, 6.45) is 0.819. The SMILES string of the molecule is CCc1nc(SC(C)C(=O)N2CCN(Cc3ccccc3)CC2)n[nH]1. The summed E-state index contributed by atoms with van der Waals surface area (Å²) in [6.45, 7) is 8.31. The summed E-state index contributed by atoms with van der Waals surface area (Å²) < 4.78 is 0. The third kappa shape index (κ3) is 4.83. The second-order valence-electron chi connectivity index (χ2n) is 6.27. The lowest BCUT2D eigenvalue weighted by molar-refractivity contribution is -0.132. The zero-order valence-electron chi connectivity index (χ0n) is 14.8. The summed E-state index contributed by atoms with van der Waals surface area (Å²) in [4.78, 5) is 21.4. The summed E-state index contributed by atoms with van der Waals surface area (Å²) in [5.41, 5.74) is 1.32. The van der Waals surface area contributed by atoms with Gasteiger partial charge in [-0.15, -0.1) is 5.10 Å². The Kier molecular flexibility index (Phi) is 6.09. The number of carbonyl (C=O) groups is 1. The van der Waals surface area contributed by atoms with Crippen LogP contribution < -0.4 is 0 Å². The average Bonchev–Trinajstić information content (AvgIpc) is 3.10. The van der Waals surface area contributed by atoms with E-state index in [2.05, 4.69) is 44.3 Å². The molecule has 0 bridgehead atoms. The highest BCUT2D eigenvalue weighted by molar-refractivity contribution is 8.00. The number of amides is 1. The molecular formula is C18H25N5OS. The van der Waals surface area contributed by atoms with Gasteiger partial charge in [0.25, 0.3) is 0 Å². The topological polar surface area (TPSA) is 65.1 Å². The molecule has 1 amide bonds. The number of aryl methyl sites for hydroxylation is 1. The molecule has 1 unspecified atom stereocenters. The van der Waals surface area contributed by atoms with Gasteiger partial charge in [-0.05, 0) is 12.5 Å². The van der Waals surface area contributed by atoms with E-state index in [-0.39, 0.29) is 11.2 Å². The van der Waals surface area contributed by atoms with Gasteiger partial charge >= 0.3 is 0 Å². The zero-order chi connectivity index (χ0) is 17.6. The smallest absolute Gasteiger partial charge is 0.235 e. The summed E-state index contributed by atoms with van der Waals surface area (Å²) in [5.74, 6) is 1.03. The van der Waals surface area contributed by atoms with Gasteiger partial charge in [-0.25, -0.2) is 4.98 Å². The number of rotatable bonds is 6. The third-order valence-electron chi connectivity index (χ3n) is 4.41. The Morgan fingerprint density at radius 1 is 1.24 bits per heavy atom. The first-order valence-electron chi connectivity index (χ1n) is 8.78. The van der Waals surface area contributed by atoms with Crippen molar-refractivity contribution in [3.05, 3.63) is 41.7 Å². The van der Waals surface area contributed by atoms with E-state index in [1.807, 2.05) is 24.8 Å². The summed E-state index contributed by atoms with van der Waals surface area (Å²) in [6, 6.07) is 10.5. The van der Waals surface area contributed by atoms with Crippen LogP contribution in [0.1, 0.15) is 25.2 Å². The Morgan fingerprint density at radius 3 is 2.60 bits per heavy atom. The minimum Gasteiger partial charge on any atom is -0.339 e. The molecule has 1 aliphatic rings. The molecular weight excluding hydrogens is 334 g/mol. The predicted octanol–water partition coefficient (Wildman–Crippen LogP) is 2.19. The highest BCUT2D eigenvalue weighted by atomic mass is 32.2. The number of aromatic amines is 1. The van der Waals surface area contributed by atoms with E-state index in [9.17, 15) is 4.79 Å². The van der Waals surface area contributed by atoms with Crippen molar-refractivity contribution < 1.29 is 4.79 Å². The van der Waals surface area contributed by atoms with Gasteiger partial charge in [-0.2, -0.15) is 0 Å². The minimum atomic E-state index is -0.166. The van der Waals surface area contributed by atoms with Crippen LogP contribution in [-0.2, 0) is 17.8 Å². The molecule has 1 saturated heterocycles. The second-order valence-corrected chi connectivity index (χ2v) is 7.57. The van der Waals surface area contributed by atoms with E-state index in [0.29, 0.717) is 5.16 Å². The molecule has 6 nitrogen and oxygen atoms in total. The number of hydrogen-bond acceptors (Lipinski definition) is 5. The van der Waals surface area contributed by atoms with Crippen molar-refractivity contribution in [1.82, 2.24) is 25.0 Å². The monoisotopic (exact) mass is 359 g/mol. The highest BCUT2D eigenvalue weighted by Crippen LogP contribution is 2.21. The molecule has 0 radical (unpaired) electrons. The van der Waals surface area contributed by atoms with Gasteiger partial charge in [0.15, 0.2) is 0 Å². The average molecular weight is 359 g/mol. The molecule has 2 aromatic rings. The van der Waals surface area contributed by atoms with Crippen LogP contribution in [0.25, 0.3) is 0 Å². The maximum Gasteiger partial charge on any atom is 0.235 e. The van der Waals surface area contributed by atoms with Crippen molar-refractivity contribution in [2.24, 2.45) is 0 Å². The number of nitrogens with one attached hydrogen (secondary N) is 1. The first kappa shape index (κ1) is 17.9. The van der Waals surface area contributed by atoms with Crippen LogP contribution in [0.3, 0.4) is 0 Å². The molecule has 3 rings (SSSR count). The summed E-state index contributed by atoms with van der Waals surface area (Å²) >= 11 is 1.43. The molecule has 1 aromatic carbocycles. The van der Waals surface area contributed by atoms with Crippen LogP contribution in [0.2, 0.25) is 0 Å². The van der Waals surface area contributed by atoms with Crippen molar-refractivity contribution >= 4 is 17.7 Å². The number of H-pyrrole nitrogens is 1. The molecule has 0 aliphatic carbocycles. The van der Waals surface area contributed by atoms with Gasteiger partial charge in [-0.3, -0.25) is 14.8 Å². The molecule has 1 N–H and O–H groups in total.